The molecule has 1 aliphatic rings. The molecule has 0 aliphatic carbocycles. The van der Waals surface area contributed by atoms with E-state index in [0.717, 1.165) is 5.56 Å². The number of benzene rings is 1. The molecule has 8 heteroatoms. The standard InChI is InChI=1S/C20H27NO7/c1-13(22)8-9-27-18-14(2)28-19(23)17(21-20(24)25)12-26-11-16(18)10-15-6-4-3-5-7-15/h3-7,14,16-18,21H,8-12H2,1-2H3,(H,24,25)/t14?,16-,17-,18?/m0/s1. The molecule has 28 heavy (non-hydrogen) atoms. The van der Waals surface area contributed by atoms with Crippen LogP contribution in [0.4, 0.5) is 4.79 Å². The number of hydrogen-bond acceptors (Lipinski definition) is 6. The van der Waals surface area contributed by atoms with E-state index in [1.807, 2.05) is 30.3 Å². The Balaban J connectivity index is 2.18. The van der Waals surface area contributed by atoms with Gasteiger partial charge < -0.3 is 24.6 Å². The molecular formula is C20H27NO7. The molecule has 0 spiro atoms. The molecule has 2 rings (SSSR count). The molecule has 8 nitrogen and oxygen atoms in total. The smallest absolute Gasteiger partial charge is 0.405 e. The van der Waals surface area contributed by atoms with Crippen molar-refractivity contribution in [2.75, 3.05) is 19.8 Å². The number of hydrogen-bond donors (Lipinski definition) is 2. The van der Waals surface area contributed by atoms with Gasteiger partial charge in [0.05, 0.1) is 25.9 Å². The summed E-state index contributed by atoms with van der Waals surface area (Å²) in [5.74, 6) is -0.842. The number of Topliss-reactive ketones (excluding diaryl/α,β-unsaturated/α-hetero) is 1. The predicted molar refractivity (Wildman–Crippen MR) is 100.0 cm³/mol. The number of ketones is 1. The van der Waals surface area contributed by atoms with Crippen molar-refractivity contribution in [3.8, 4) is 0 Å². The molecule has 4 atom stereocenters. The summed E-state index contributed by atoms with van der Waals surface area (Å²) in [5.41, 5.74) is 1.08. The normalized spacial score (nSPS) is 25.7. The van der Waals surface area contributed by atoms with Crippen molar-refractivity contribution in [1.82, 2.24) is 5.32 Å². The Labute approximate surface area is 164 Å². The van der Waals surface area contributed by atoms with E-state index in [4.69, 9.17) is 19.3 Å². The summed E-state index contributed by atoms with van der Waals surface area (Å²) >= 11 is 0. The van der Waals surface area contributed by atoms with E-state index in [9.17, 15) is 14.4 Å². The molecule has 0 bridgehead atoms. The molecule has 0 saturated carbocycles. The highest BCUT2D eigenvalue weighted by Gasteiger charge is 2.35. The summed E-state index contributed by atoms with van der Waals surface area (Å²) < 4.78 is 17.1. The largest absolute Gasteiger partial charge is 0.465 e. The van der Waals surface area contributed by atoms with Crippen LogP contribution in [0.25, 0.3) is 0 Å². The van der Waals surface area contributed by atoms with Crippen LogP contribution in [0.3, 0.4) is 0 Å². The Morgan fingerprint density at radius 1 is 1.25 bits per heavy atom. The van der Waals surface area contributed by atoms with Crippen molar-refractivity contribution in [1.29, 1.82) is 0 Å². The van der Waals surface area contributed by atoms with Crippen LogP contribution in [0.2, 0.25) is 0 Å². The Bertz CT molecular complexity index is 664. The first-order valence-corrected chi connectivity index (χ1v) is 9.29. The third-order valence-electron chi connectivity index (χ3n) is 4.53. The van der Waals surface area contributed by atoms with Crippen LogP contribution in [0, 0.1) is 5.92 Å². The average Bonchev–Trinajstić information content (AvgIpc) is 2.67. The van der Waals surface area contributed by atoms with Gasteiger partial charge in [0.25, 0.3) is 0 Å². The van der Waals surface area contributed by atoms with Crippen LogP contribution >= 0.6 is 0 Å². The SMILES string of the molecule is CC(=O)CCOC1C(C)OC(=O)[C@@H](NC(=O)O)COC[C@@H]1Cc1ccccc1. The molecule has 0 aromatic heterocycles. The monoisotopic (exact) mass is 393 g/mol. The molecule has 1 amide bonds. The third-order valence-corrected chi connectivity index (χ3v) is 4.53. The quantitative estimate of drug-likeness (QED) is 0.680. The highest BCUT2D eigenvalue weighted by molar-refractivity contribution is 5.81. The maximum Gasteiger partial charge on any atom is 0.405 e. The molecule has 154 valence electrons. The summed E-state index contributed by atoms with van der Waals surface area (Å²) in [6.07, 6.45) is -1.56. The van der Waals surface area contributed by atoms with Gasteiger partial charge in [0.2, 0.25) is 0 Å². The Kier molecular flexibility index (Phi) is 8.41. The summed E-state index contributed by atoms with van der Waals surface area (Å²) in [6.45, 7) is 3.55. The van der Waals surface area contributed by atoms with Crippen molar-refractivity contribution in [3.05, 3.63) is 35.9 Å². The molecule has 0 radical (unpaired) electrons. The van der Waals surface area contributed by atoms with Crippen molar-refractivity contribution in [3.63, 3.8) is 0 Å². The van der Waals surface area contributed by atoms with Gasteiger partial charge in [-0.2, -0.15) is 0 Å². The fourth-order valence-corrected chi connectivity index (χ4v) is 3.17. The molecule has 1 aromatic carbocycles. The number of esters is 1. The van der Waals surface area contributed by atoms with Gasteiger partial charge in [-0.15, -0.1) is 0 Å². The van der Waals surface area contributed by atoms with Gasteiger partial charge in [0.15, 0.2) is 6.04 Å². The predicted octanol–water partition coefficient (Wildman–Crippen LogP) is 1.81. The maximum atomic E-state index is 12.3. The van der Waals surface area contributed by atoms with Gasteiger partial charge in [-0.05, 0) is 25.8 Å². The number of carbonyl (C=O) groups is 3. The first-order chi connectivity index (χ1) is 13.4. The van der Waals surface area contributed by atoms with Crippen molar-refractivity contribution >= 4 is 17.8 Å². The molecule has 1 saturated heterocycles. The van der Waals surface area contributed by atoms with E-state index in [1.165, 1.54) is 6.92 Å². The number of amides is 1. The summed E-state index contributed by atoms with van der Waals surface area (Å²) in [4.78, 5) is 34.5. The minimum atomic E-state index is -1.33. The highest BCUT2D eigenvalue weighted by atomic mass is 16.6. The van der Waals surface area contributed by atoms with Gasteiger partial charge in [0, 0.05) is 12.3 Å². The lowest BCUT2D eigenvalue weighted by atomic mass is 9.91. The fourth-order valence-electron chi connectivity index (χ4n) is 3.17. The van der Waals surface area contributed by atoms with Crippen LogP contribution < -0.4 is 5.32 Å². The Morgan fingerprint density at radius 2 is 1.96 bits per heavy atom. The highest BCUT2D eigenvalue weighted by Crippen LogP contribution is 2.23. The lowest BCUT2D eigenvalue weighted by Crippen LogP contribution is -2.46. The van der Waals surface area contributed by atoms with E-state index in [0.29, 0.717) is 6.42 Å². The zero-order valence-electron chi connectivity index (χ0n) is 16.1. The number of ether oxygens (including phenoxy) is 3. The maximum absolute atomic E-state index is 12.3. The van der Waals surface area contributed by atoms with E-state index in [-0.39, 0.29) is 37.9 Å². The minimum absolute atomic E-state index is 0.00861. The fraction of sp³-hybridized carbons (Fsp3) is 0.550. The van der Waals surface area contributed by atoms with E-state index < -0.39 is 30.3 Å². The van der Waals surface area contributed by atoms with Crippen LogP contribution in [0.5, 0.6) is 0 Å². The van der Waals surface area contributed by atoms with E-state index in [1.54, 1.807) is 6.92 Å². The molecule has 2 N–H and O–H groups in total. The van der Waals surface area contributed by atoms with Gasteiger partial charge in [0.1, 0.15) is 11.9 Å². The minimum Gasteiger partial charge on any atom is -0.465 e. The molecule has 1 aliphatic heterocycles. The molecular weight excluding hydrogens is 366 g/mol. The number of carboxylic acid groups (broad SMARTS) is 1. The van der Waals surface area contributed by atoms with E-state index >= 15 is 0 Å². The zero-order valence-corrected chi connectivity index (χ0v) is 16.1. The van der Waals surface area contributed by atoms with Crippen LogP contribution in [-0.2, 0) is 30.2 Å². The second-order valence-corrected chi connectivity index (χ2v) is 6.92. The number of carbonyl (C=O) groups excluding carboxylic acids is 2. The van der Waals surface area contributed by atoms with Crippen molar-refractivity contribution < 1.29 is 33.7 Å². The molecule has 1 heterocycles. The summed E-state index contributed by atoms with van der Waals surface area (Å²) in [6, 6.07) is 8.68. The van der Waals surface area contributed by atoms with Crippen LogP contribution in [0.1, 0.15) is 25.8 Å². The van der Waals surface area contributed by atoms with Crippen LogP contribution in [0.15, 0.2) is 30.3 Å². The van der Waals surface area contributed by atoms with Gasteiger partial charge in [-0.1, -0.05) is 30.3 Å². The zero-order chi connectivity index (χ0) is 20.5. The topological polar surface area (TPSA) is 111 Å². The lowest BCUT2D eigenvalue weighted by Gasteiger charge is -2.30. The molecule has 2 unspecified atom stereocenters. The Morgan fingerprint density at radius 3 is 2.61 bits per heavy atom. The summed E-state index contributed by atoms with van der Waals surface area (Å²) in [5, 5.41) is 11.0. The van der Waals surface area contributed by atoms with Crippen LogP contribution in [-0.4, -0.2) is 61.0 Å². The lowest BCUT2D eigenvalue weighted by molar-refractivity contribution is -0.160. The van der Waals surface area contributed by atoms with Crippen molar-refractivity contribution in [2.45, 2.75) is 44.9 Å². The Hall–Kier alpha value is -2.45. The second-order valence-electron chi connectivity index (χ2n) is 6.92. The van der Waals surface area contributed by atoms with E-state index in [2.05, 4.69) is 5.32 Å². The van der Waals surface area contributed by atoms with Gasteiger partial charge >= 0.3 is 12.1 Å². The van der Waals surface area contributed by atoms with Gasteiger partial charge in [-0.25, -0.2) is 9.59 Å². The first-order valence-electron chi connectivity index (χ1n) is 9.29. The second kappa shape index (κ2) is 10.8. The number of cyclic esters (lactones) is 1. The summed E-state index contributed by atoms with van der Waals surface area (Å²) in [7, 11) is 0. The average molecular weight is 393 g/mol. The first kappa shape index (κ1) is 21.8. The number of nitrogens with one attached hydrogen (secondary N) is 1. The third kappa shape index (κ3) is 6.94. The van der Waals surface area contributed by atoms with Gasteiger partial charge in [-0.3, -0.25) is 4.79 Å². The molecule has 1 aromatic rings. The molecule has 1 fully saturated rings. The van der Waals surface area contributed by atoms with Crippen molar-refractivity contribution in [2.24, 2.45) is 5.92 Å². The number of rotatable bonds is 7.